The standard InChI is InChI=1S/C15H20ClNOS/c1-12(19-14-8-6-13(16)7-9-14)15(18)17-10-4-2-3-5-11-17/h6-9,12H,2-5,10-11H2,1H3/t12-/m0/s1. The molecule has 0 aromatic heterocycles. The minimum absolute atomic E-state index is 0.0284. The maximum atomic E-state index is 12.4. The molecular weight excluding hydrogens is 278 g/mol. The molecule has 4 heteroatoms. The minimum Gasteiger partial charge on any atom is -0.342 e. The van der Waals surface area contributed by atoms with Gasteiger partial charge >= 0.3 is 0 Å². The molecule has 1 aliphatic rings. The van der Waals surface area contributed by atoms with Crippen molar-refractivity contribution in [3.8, 4) is 0 Å². The number of carbonyl (C=O) groups excluding carboxylic acids is 1. The van der Waals surface area contributed by atoms with Crippen LogP contribution in [0.25, 0.3) is 0 Å². The van der Waals surface area contributed by atoms with Crippen molar-refractivity contribution in [3.63, 3.8) is 0 Å². The molecule has 1 amide bonds. The number of benzene rings is 1. The van der Waals surface area contributed by atoms with E-state index in [0.29, 0.717) is 0 Å². The third kappa shape index (κ3) is 4.43. The normalized spacial score (nSPS) is 17.9. The molecule has 1 atom stereocenters. The van der Waals surface area contributed by atoms with Crippen LogP contribution < -0.4 is 0 Å². The van der Waals surface area contributed by atoms with Crippen molar-refractivity contribution in [3.05, 3.63) is 29.3 Å². The van der Waals surface area contributed by atoms with Crippen LogP contribution in [0.1, 0.15) is 32.6 Å². The zero-order valence-electron chi connectivity index (χ0n) is 11.3. The Balaban J connectivity index is 1.92. The van der Waals surface area contributed by atoms with Crippen LogP contribution in [0.5, 0.6) is 0 Å². The van der Waals surface area contributed by atoms with E-state index in [0.717, 1.165) is 35.8 Å². The molecule has 0 radical (unpaired) electrons. The van der Waals surface area contributed by atoms with Gasteiger partial charge < -0.3 is 4.90 Å². The molecule has 1 aliphatic heterocycles. The molecule has 1 saturated heterocycles. The second-order valence-corrected chi connectivity index (χ2v) is 6.80. The quantitative estimate of drug-likeness (QED) is 0.779. The minimum atomic E-state index is -0.0284. The summed E-state index contributed by atoms with van der Waals surface area (Å²) in [5.41, 5.74) is 0. The zero-order chi connectivity index (χ0) is 13.7. The van der Waals surface area contributed by atoms with Crippen molar-refractivity contribution in [2.24, 2.45) is 0 Å². The lowest BCUT2D eigenvalue weighted by Gasteiger charge is -2.23. The fraction of sp³-hybridized carbons (Fsp3) is 0.533. The van der Waals surface area contributed by atoms with Crippen molar-refractivity contribution >= 4 is 29.3 Å². The fourth-order valence-electron chi connectivity index (χ4n) is 2.32. The van der Waals surface area contributed by atoms with Crippen molar-refractivity contribution in [2.75, 3.05) is 13.1 Å². The van der Waals surface area contributed by atoms with Gasteiger partial charge in [0.05, 0.1) is 5.25 Å². The Labute approximate surface area is 124 Å². The molecule has 0 bridgehead atoms. The molecule has 0 unspecified atom stereocenters. The van der Waals surface area contributed by atoms with Crippen LogP contribution in [0.15, 0.2) is 29.2 Å². The van der Waals surface area contributed by atoms with Crippen molar-refractivity contribution in [2.45, 2.75) is 42.8 Å². The van der Waals surface area contributed by atoms with Crippen LogP contribution in [0, 0.1) is 0 Å². The molecule has 0 N–H and O–H groups in total. The highest BCUT2D eigenvalue weighted by Gasteiger charge is 2.22. The first-order valence-electron chi connectivity index (χ1n) is 6.88. The highest BCUT2D eigenvalue weighted by Crippen LogP contribution is 2.26. The van der Waals surface area contributed by atoms with E-state index in [-0.39, 0.29) is 11.2 Å². The van der Waals surface area contributed by atoms with Gasteiger partial charge in [-0.25, -0.2) is 0 Å². The van der Waals surface area contributed by atoms with Crippen molar-refractivity contribution in [1.29, 1.82) is 0 Å². The number of carbonyl (C=O) groups is 1. The second-order valence-electron chi connectivity index (χ2n) is 4.95. The second kappa shape index (κ2) is 7.20. The SMILES string of the molecule is C[C@H](Sc1ccc(Cl)cc1)C(=O)N1CCCCCC1. The summed E-state index contributed by atoms with van der Waals surface area (Å²) in [4.78, 5) is 15.5. The van der Waals surface area contributed by atoms with E-state index < -0.39 is 0 Å². The number of halogens is 1. The van der Waals surface area contributed by atoms with E-state index in [2.05, 4.69) is 0 Å². The monoisotopic (exact) mass is 297 g/mol. The summed E-state index contributed by atoms with van der Waals surface area (Å²) >= 11 is 7.48. The number of hydrogen-bond acceptors (Lipinski definition) is 2. The zero-order valence-corrected chi connectivity index (χ0v) is 12.8. The Morgan fingerprint density at radius 2 is 1.74 bits per heavy atom. The van der Waals surface area contributed by atoms with Crippen molar-refractivity contribution in [1.82, 2.24) is 4.90 Å². The van der Waals surface area contributed by atoms with E-state index in [1.807, 2.05) is 36.1 Å². The van der Waals surface area contributed by atoms with Crippen LogP contribution in [-0.4, -0.2) is 29.1 Å². The van der Waals surface area contributed by atoms with Crippen molar-refractivity contribution < 1.29 is 4.79 Å². The van der Waals surface area contributed by atoms with Gasteiger partial charge in [-0.05, 0) is 44.0 Å². The van der Waals surface area contributed by atoms with Crippen LogP contribution in [0.2, 0.25) is 5.02 Å². The Bertz CT molecular complexity index is 413. The van der Waals surface area contributed by atoms with Gasteiger partial charge in [-0.15, -0.1) is 11.8 Å². The Kier molecular flexibility index (Phi) is 5.59. The summed E-state index contributed by atoms with van der Waals surface area (Å²) in [5.74, 6) is 0.266. The number of amides is 1. The van der Waals surface area contributed by atoms with E-state index in [4.69, 9.17) is 11.6 Å². The van der Waals surface area contributed by atoms with E-state index in [1.54, 1.807) is 11.8 Å². The molecule has 0 aliphatic carbocycles. The van der Waals surface area contributed by atoms with Crippen LogP contribution >= 0.6 is 23.4 Å². The number of rotatable bonds is 3. The van der Waals surface area contributed by atoms with Gasteiger partial charge in [-0.3, -0.25) is 4.79 Å². The van der Waals surface area contributed by atoms with Crippen LogP contribution in [0.4, 0.5) is 0 Å². The van der Waals surface area contributed by atoms with Gasteiger partial charge in [0.25, 0.3) is 0 Å². The van der Waals surface area contributed by atoms with E-state index in [9.17, 15) is 4.79 Å². The average Bonchev–Trinajstić information content (AvgIpc) is 2.69. The Morgan fingerprint density at radius 3 is 2.32 bits per heavy atom. The maximum Gasteiger partial charge on any atom is 0.235 e. The molecule has 104 valence electrons. The average molecular weight is 298 g/mol. The van der Waals surface area contributed by atoms with Gasteiger partial charge in [0.15, 0.2) is 0 Å². The number of nitrogens with zero attached hydrogens (tertiary/aromatic N) is 1. The fourth-order valence-corrected chi connectivity index (χ4v) is 3.39. The van der Waals surface area contributed by atoms with Gasteiger partial charge in [-0.1, -0.05) is 24.4 Å². The molecule has 1 aromatic carbocycles. The first-order chi connectivity index (χ1) is 9.16. The van der Waals surface area contributed by atoms with Crippen LogP contribution in [-0.2, 0) is 4.79 Å². The summed E-state index contributed by atoms with van der Waals surface area (Å²) in [6, 6.07) is 7.68. The molecule has 1 aromatic rings. The third-order valence-corrected chi connectivity index (χ3v) is 4.74. The summed E-state index contributed by atoms with van der Waals surface area (Å²) in [5, 5.41) is 0.704. The van der Waals surface area contributed by atoms with Gasteiger partial charge in [0.2, 0.25) is 5.91 Å². The Morgan fingerprint density at radius 1 is 1.16 bits per heavy atom. The molecule has 2 nitrogen and oxygen atoms in total. The molecule has 2 rings (SSSR count). The highest BCUT2D eigenvalue weighted by molar-refractivity contribution is 8.00. The Hall–Kier alpha value is -0.670. The lowest BCUT2D eigenvalue weighted by atomic mass is 10.2. The predicted octanol–water partition coefficient (Wildman–Crippen LogP) is 4.22. The third-order valence-electron chi connectivity index (χ3n) is 3.39. The molecule has 1 fully saturated rings. The summed E-state index contributed by atoms with van der Waals surface area (Å²) in [7, 11) is 0. The van der Waals surface area contributed by atoms with Gasteiger partial charge in [0, 0.05) is 23.0 Å². The molecule has 0 spiro atoms. The molecular formula is C15H20ClNOS. The summed E-state index contributed by atoms with van der Waals surface area (Å²) < 4.78 is 0. The smallest absolute Gasteiger partial charge is 0.235 e. The van der Waals surface area contributed by atoms with E-state index in [1.165, 1.54) is 12.8 Å². The number of hydrogen-bond donors (Lipinski definition) is 0. The number of thioether (sulfide) groups is 1. The molecule has 0 saturated carbocycles. The summed E-state index contributed by atoms with van der Waals surface area (Å²) in [6.45, 7) is 3.83. The lowest BCUT2D eigenvalue weighted by Crippen LogP contribution is -2.37. The number of likely N-dealkylation sites (tertiary alicyclic amines) is 1. The molecule has 1 heterocycles. The van der Waals surface area contributed by atoms with Gasteiger partial charge in [0.1, 0.15) is 0 Å². The topological polar surface area (TPSA) is 20.3 Å². The first kappa shape index (κ1) is 14.7. The van der Waals surface area contributed by atoms with E-state index >= 15 is 0 Å². The summed E-state index contributed by atoms with van der Waals surface area (Å²) in [6.07, 6.45) is 4.79. The lowest BCUT2D eigenvalue weighted by molar-refractivity contribution is -0.130. The maximum absolute atomic E-state index is 12.4. The van der Waals surface area contributed by atoms with Crippen LogP contribution in [0.3, 0.4) is 0 Å². The molecule has 19 heavy (non-hydrogen) atoms. The largest absolute Gasteiger partial charge is 0.342 e. The predicted molar refractivity (Wildman–Crippen MR) is 81.8 cm³/mol. The highest BCUT2D eigenvalue weighted by atomic mass is 35.5. The first-order valence-corrected chi connectivity index (χ1v) is 8.13. The van der Waals surface area contributed by atoms with Gasteiger partial charge in [-0.2, -0.15) is 0 Å².